The Bertz CT molecular complexity index is 501. The fourth-order valence-electron chi connectivity index (χ4n) is 2.57. The van der Waals surface area contributed by atoms with Gasteiger partial charge in [-0.05, 0) is 36.8 Å². The quantitative estimate of drug-likeness (QED) is 0.342. The van der Waals surface area contributed by atoms with Crippen LogP contribution < -0.4 is 20.9 Å². The van der Waals surface area contributed by atoms with E-state index in [-0.39, 0.29) is 36.4 Å². The van der Waals surface area contributed by atoms with E-state index in [0.717, 1.165) is 32.4 Å². The zero-order valence-electron chi connectivity index (χ0n) is 14.4. The summed E-state index contributed by atoms with van der Waals surface area (Å²) in [5.74, 6) is 0.702. The van der Waals surface area contributed by atoms with Gasteiger partial charge in [0.05, 0.1) is 11.5 Å². The molecule has 1 saturated heterocycles. The molecule has 8 heteroatoms. The van der Waals surface area contributed by atoms with Gasteiger partial charge in [0.1, 0.15) is 0 Å². The smallest absolute Gasteiger partial charge is 0.239 e. The van der Waals surface area contributed by atoms with E-state index in [1.807, 2.05) is 6.92 Å². The van der Waals surface area contributed by atoms with Crippen molar-refractivity contribution in [3.8, 4) is 0 Å². The molecule has 0 bridgehead atoms. The zero-order chi connectivity index (χ0) is 16.5. The lowest BCUT2D eigenvalue weighted by Gasteiger charge is -2.33. The minimum atomic E-state index is 0. The molecule has 1 aromatic heterocycles. The van der Waals surface area contributed by atoms with E-state index in [1.54, 1.807) is 18.4 Å². The van der Waals surface area contributed by atoms with Crippen molar-refractivity contribution >= 4 is 52.2 Å². The molecule has 0 aromatic carbocycles. The first-order valence-electron chi connectivity index (χ1n) is 8.25. The lowest BCUT2D eigenvalue weighted by molar-refractivity contribution is -0.120. The van der Waals surface area contributed by atoms with Crippen LogP contribution in [0.4, 0.5) is 5.00 Å². The second kappa shape index (κ2) is 11.5. The van der Waals surface area contributed by atoms with Crippen LogP contribution in [-0.4, -0.2) is 51.1 Å². The average molecular weight is 465 g/mol. The maximum absolute atomic E-state index is 11.6. The van der Waals surface area contributed by atoms with Gasteiger partial charge >= 0.3 is 0 Å². The molecule has 136 valence electrons. The molecule has 0 atom stereocenters. The fraction of sp³-hybridized carbons (Fsp3) is 0.625. The molecule has 1 amide bonds. The molecule has 0 spiro atoms. The monoisotopic (exact) mass is 465 g/mol. The summed E-state index contributed by atoms with van der Waals surface area (Å²) in [5.41, 5.74) is 0. The molecule has 6 nitrogen and oxygen atoms in total. The first kappa shape index (κ1) is 21.0. The molecule has 1 aliphatic heterocycles. The van der Waals surface area contributed by atoms with Gasteiger partial charge in [-0.15, -0.1) is 35.3 Å². The van der Waals surface area contributed by atoms with Gasteiger partial charge in [0.25, 0.3) is 0 Å². The van der Waals surface area contributed by atoms with Crippen molar-refractivity contribution in [2.75, 3.05) is 38.1 Å². The maximum Gasteiger partial charge on any atom is 0.239 e. The maximum atomic E-state index is 11.6. The first-order chi connectivity index (χ1) is 11.2. The third-order valence-electron chi connectivity index (χ3n) is 3.87. The number of carbonyl (C=O) groups is 1. The number of nitrogens with one attached hydrogen (secondary N) is 3. The van der Waals surface area contributed by atoms with Crippen molar-refractivity contribution in [2.24, 2.45) is 4.99 Å². The van der Waals surface area contributed by atoms with Gasteiger partial charge in [-0.25, -0.2) is 0 Å². The fourth-order valence-corrected chi connectivity index (χ4v) is 3.36. The van der Waals surface area contributed by atoms with E-state index in [9.17, 15) is 4.79 Å². The summed E-state index contributed by atoms with van der Waals surface area (Å²) in [6.07, 6.45) is 3.09. The molecule has 0 aliphatic carbocycles. The molecule has 1 fully saturated rings. The van der Waals surface area contributed by atoms with Crippen molar-refractivity contribution in [1.82, 2.24) is 16.0 Å². The molecule has 0 radical (unpaired) electrons. The molecular weight excluding hydrogens is 437 g/mol. The van der Waals surface area contributed by atoms with Gasteiger partial charge in [0.2, 0.25) is 5.91 Å². The van der Waals surface area contributed by atoms with Gasteiger partial charge in [-0.1, -0.05) is 6.92 Å². The Hall–Kier alpha value is -1.03. The largest absolute Gasteiger partial charge is 0.363 e. The second-order valence-corrected chi connectivity index (χ2v) is 6.56. The highest BCUT2D eigenvalue weighted by Crippen LogP contribution is 2.24. The SMILES string of the molecule is CCCNC(=O)CNC(=NC)NC1CCN(c2cccs2)CC1.I. The molecule has 1 aliphatic rings. The first-order valence-corrected chi connectivity index (χ1v) is 9.13. The van der Waals surface area contributed by atoms with Crippen LogP contribution >= 0.6 is 35.3 Å². The Kier molecular flexibility index (Phi) is 10.1. The van der Waals surface area contributed by atoms with E-state index < -0.39 is 0 Å². The third kappa shape index (κ3) is 6.84. The predicted molar refractivity (Wildman–Crippen MR) is 113 cm³/mol. The number of rotatable bonds is 6. The molecule has 2 heterocycles. The lowest BCUT2D eigenvalue weighted by atomic mass is 10.1. The average Bonchev–Trinajstić information content (AvgIpc) is 3.11. The number of thiophene rings is 1. The van der Waals surface area contributed by atoms with Crippen molar-refractivity contribution in [3.63, 3.8) is 0 Å². The number of hydrogen-bond acceptors (Lipinski definition) is 4. The van der Waals surface area contributed by atoms with E-state index in [0.29, 0.717) is 18.5 Å². The van der Waals surface area contributed by atoms with Crippen LogP contribution in [0.1, 0.15) is 26.2 Å². The number of anilines is 1. The highest BCUT2D eigenvalue weighted by molar-refractivity contribution is 14.0. The Balaban J connectivity index is 0.00000288. The van der Waals surface area contributed by atoms with Gasteiger partial charge < -0.3 is 20.9 Å². The summed E-state index contributed by atoms with van der Waals surface area (Å²) in [7, 11) is 1.74. The van der Waals surface area contributed by atoms with Gasteiger partial charge in [-0.3, -0.25) is 9.79 Å². The highest BCUT2D eigenvalue weighted by Gasteiger charge is 2.20. The minimum Gasteiger partial charge on any atom is -0.363 e. The summed E-state index contributed by atoms with van der Waals surface area (Å²) in [6.45, 7) is 5.11. The summed E-state index contributed by atoms with van der Waals surface area (Å²) < 4.78 is 0. The number of halogens is 1. The molecule has 24 heavy (non-hydrogen) atoms. The summed E-state index contributed by atoms with van der Waals surface area (Å²) in [6, 6.07) is 4.67. The number of carbonyl (C=O) groups excluding carboxylic acids is 1. The minimum absolute atomic E-state index is 0. The van der Waals surface area contributed by atoms with E-state index in [4.69, 9.17) is 0 Å². The van der Waals surface area contributed by atoms with Crippen molar-refractivity contribution in [2.45, 2.75) is 32.2 Å². The van der Waals surface area contributed by atoms with Crippen LogP contribution in [0, 0.1) is 0 Å². The van der Waals surface area contributed by atoms with Gasteiger partial charge in [-0.2, -0.15) is 0 Å². The highest BCUT2D eigenvalue weighted by atomic mass is 127. The molecular formula is C16H28IN5OS. The molecule has 3 N–H and O–H groups in total. The number of hydrogen-bond donors (Lipinski definition) is 3. The number of nitrogens with zero attached hydrogens (tertiary/aromatic N) is 2. The number of amides is 1. The molecule has 1 aromatic rings. The Morgan fingerprint density at radius 2 is 2.12 bits per heavy atom. The van der Waals surface area contributed by atoms with E-state index >= 15 is 0 Å². The standard InChI is InChI=1S/C16H27N5OS.HI/c1-3-8-18-14(22)12-19-16(17-2)20-13-6-9-21(10-7-13)15-5-4-11-23-15;/h4-5,11,13H,3,6-10,12H2,1-2H3,(H,18,22)(H2,17,19,20);1H. The van der Waals surface area contributed by atoms with Crippen molar-refractivity contribution < 1.29 is 4.79 Å². The number of aliphatic imine (C=N–C) groups is 1. The van der Waals surface area contributed by atoms with Crippen LogP contribution in [0.3, 0.4) is 0 Å². The van der Waals surface area contributed by atoms with E-state index in [1.165, 1.54) is 5.00 Å². The van der Waals surface area contributed by atoms with Crippen molar-refractivity contribution in [3.05, 3.63) is 17.5 Å². The molecule has 0 saturated carbocycles. The van der Waals surface area contributed by atoms with Crippen LogP contribution in [-0.2, 0) is 4.79 Å². The van der Waals surface area contributed by atoms with Gasteiger partial charge in [0, 0.05) is 32.7 Å². The topological polar surface area (TPSA) is 68.8 Å². The second-order valence-electron chi connectivity index (χ2n) is 5.63. The Morgan fingerprint density at radius 3 is 2.71 bits per heavy atom. The molecule has 0 unspecified atom stereocenters. The Morgan fingerprint density at radius 1 is 1.38 bits per heavy atom. The van der Waals surface area contributed by atoms with Crippen LogP contribution in [0.15, 0.2) is 22.5 Å². The van der Waals surface area contributed by atoms with Gasteiger partial charge in [0.15, 0.2) is 5.96 Å². The van der Waals surface area contributed by atoms with Crippen LogP contribution in [0.2, 0.25) is 0 Å². The summed E-state index contributed by atoms with van der Waals surface area (Å²) >= 11 is 1.79. The normalized spacial score (nSPS) is 15.6. The van der Waals surface area contributed by atoms with Crippen LogP contribution in [0.5, 0.6) is 0 Å². The summed E-state index contributed by atoms with van der Waals surface area (Å²) in [4.78, 5) is 18.3. The number of piperidine rings is 1. The lowest BCUT2D eigenvalue weighted by Crippen LogP contribution is -2.50. The van der Waals surface area contributed by atoms with Crippen molar-refractivity contribution in [1.29, 1.82) is 0 Å². The molecule has 2 rings (SSSR count). The zero-order valence-corrected chi connectivity index (χ0v) is 17.5. The summed E-state index contributed by atoms with van der Waals surface area (Å²) in [5, 5.41) is 12.8. The van der Waals surface area contributed by atoms with Crippen LogP contribution in [0.25, 0.3) is 0 Å². The third-order valence-corrected chi connectivity index (χ3v) is 4.79. The predicted octanol–water partition coefficient (Wildman–Crippen LogP) is 2.03. The van der Waals surface area contributed by atoms with E-state index in [2.05, 4.69) is 43.4 Å². The Labute approximate surface area is 165 Å². The number of guanidine groups is 1.